The van der Waals surface area contributed by atoms with Gasteiger partial charge in [-0.3, -0.25) is 0 Å². The van der Waals surface area contributed by atoms with Gasteiger partial charge >= 0.3 is 0 Å². The number of aliphatic hydroxyl groups excluding tert-OH is 1. The summed E-state index contributed by atoms with van der Waals surface area (Å²) in [5, 5.41) is 15.5. The molecule has 0 aliphatic rings. The Kier molecular flexibility index (Phi) is 4.01. The fourth-order valence-electron chi connectivity index (χ4n) is 3.36. The quantitative estimate of drug-likeness (QED) is 0.603. The molecule has 0 atom stereocenters. The van der Waals surface area contributed by atoms with Crippen LogP contribution in [0.3, 0.4) is 0 Å². The molecular weight excluding hydrogens is 329 g/mol. The van der Waals surface area contributed by atoms with Gasteiger partial charge in [-0.1, -0.05) is 42.5 Å². The zero-order valence-corrected chi connectivity index (χ0v) is 14.6. The van der Waals surface area contributed by atoms with Crippen LogP contribution in [0.1, 0.15) is 11.3 Å². The number of benzene rings is 2. The number of aromatic nitrogens is 3. The van der Waals surface area contributed by atoms with Crippen molar-refractivity contribution in [1.29, 1.82) is 0 Å². The SMILES string of the molecule is Cc1nc2c(c(-c3ccccc3)nn2C)c(-c2ccc(F)cc2)c1CO. The Morgan fingerprint density at radius 3 is 2.35 bits per heavy atom. The topological polar surface area (TPSA) is 50.9 Å². The summed E-state index contributed by atoms with van der Waals surface area (Å²) in [5.41, 5.74) is 5.65. The first-order valence-electron chi connectivity index (χ1n) is 8.38. The maximum atomic E-state index is 13.4. The number of aryl methyl sites for hydroxylation is 2. The highest BCUT2D eigenvalue weighted by Gasteiger charge is 2.21. The number of hydrogen-bond donors (Lipinski definition) is 1. The van der Waals surface area contributed by atoms with Crippen LogP contribution in [0.5, 0.6) is 0 Å². The fourth-order valence-corrected chi connectivity index (χ4v) is 3.36. The van der Waals surface area contributed by atoms with Crippen molar-refractivity contribution in [3.8, 4) is 22.4 Å². The van der Waals surface area contributed by atoms with Crippen molar-refractivity contribution in [3.63, 3.8) is 0 Å². The van der Waals surface area contributed by atoms with E-state index in [-0.39, 0.29) is 12.4 Å². The molecule has 4 aromatic rings. The summed E-state index contributed by atoms with van der Waals surface area (Å²) in [4.78, 5) is 4.66. The van der Waals surface area contributed by atoms with Crippen LogP contribution in [0.4, 0.5) is 4.39 Å². The van der Waals surface area contributed by atoms with Gasteiger partial charge in [0.15, 0.2) is 5.65 Å². The van der Waals surface area contributed by atoms with Crippen molar-refractivity contribution < 1.29 is 9.50 Å². The second-order valence-corrected chi connectivity index (χ2v) is 6.25. The normalized spacial score (nSPS) is 11.2. The van der Waals surface area contributed by atoms with Gasteiger partial charge in [-0.25, -0.2) is 14.1 Å². The van der Waals surface area contributed by atoms with E-state index < -0.39 is 0 Å². The minimum Gasteiger partial charge on any atom is -0.392 e. The lowest BCUT2D eigenvalue weighted by molar-refractivity contribution is 0.281. The second kappa shape index (κ2) is 6.35. The number of fused-ring (bicyclic) bond motifs is 1. The standard InChI is InChI=1S/C21H18FN3O/c1-13-17(12-26)18(14-8-10-16(22)11-9-14)19-20(15-6-4-3-5-7-15)24-25(2)21(19)23-13/h3-11,26H,12H2,1-2H3. The van der Waals surface area contributed by atoms with E-state index in [1.165, 1.54) is 12.1 Å². The summed E-state index contributed by atoms with van der Waals surface area (Å²) in [7, 11) is 1.86. The molecule has 0 amide bonds. The van der Waals surface area contributed by atoms with Crippen LogP contribution < -0.4 is 0 Å². The highest BCUT2D eigenvalue weighted by molar-refractivity contribution is 6.04. The van der Waals surface area contributed by atoms with Crippen molar-refractivity contribution in [2.75, 3.05) is 0 Å². The van der Waals surface area contributed by atoms with Crippen molar-refractivity contribution in [2.24, 2.45) is 7.05 Å². The van der Waals surface area contributed by atoms with Crippen LogP contribution in [0.25, 0.3) is 33.4 Å². The van der Waals surface area contributed by atoms with E-state index in [0.29, 0.717) is 0 Å². The third kappa shape index (κ3) is 2.57. The second-order valence-electron chi connectivity index (χ2n) is 6.25. The highest BCUT2D eigenvalue weighted by Crippen LogP contribution is 2.38. The Morgan fingerprint density at radius 2 is 1.69 bits per heavy atom. The van der Waals surface area contributed by atoms with Crippen LogP contribution in [-0.2, 0) is 13.7 Å². The van der Waals surface area contributed by atoms with Crippen LogP contribution in [0.15, 0.2) is 54.6 Å². The van der Waals surface area contributed by atoms with Gasteiger partial charge in [0.2, 0.25) is 0 Å². The molecule has 130 valence electrons. The van der Waals surface area contributed by atoms with E-state index >= 15 is 0 Å². The van der Waals surface area contributed by atoms with Gasteiger partial charge in [0, 0.05) is 29.4 Å². The highest BCUT2D eigenvalue weighted by atomic mass is 19.1. The number of nitrogens with zero attached hydrogens (tertiary/aromatic N) is 3. The first kappa shape index (κ1) is 16.4. The Morgan fingerprint density at radius 1 is 1.00 bits per heavy atom. The third-order valence-electron chi connectivity index (χ3n) is 4.62. The monoisotopic (exact) mass is 347 g/mol. The predicted octanol–water partition coefficient (Wildman–Crippen LogP) is 4.24. The number of aliphatic hydroxyl groups is 1. The minimum atomic E-state index is -0.296. The number of pyridine rings is 1. The molecule has 5 heteroatoms. The number of halogens is 1. The lowest BCUT2D eigenvalue weighted by atomic mass is 9.94. The molecule has 0 spiro atoms. The zero-order valence-electron chi connectivity index (χ0n) is 14.6. The van der Waals surface area contributed by atoms with E-state index in [2.05, 4.69) is 10.1 Å². The van der Waals surface area contributed by atoms with Crippen molar-refractivity contribution in [3.05, 3.63) is 71.7 Å². The molecule has 2 aromatic carbocycles. The van der Waals surface area contributed by atoms with E-state index in [1.807, 2.05) is 44.3 Å². The van der Waals surface area contributed by atoms with Crippen LogP contribution in [0.2, 0.25) is 0 Å². The van der Waals surface area contributed by atoms with Gasteiger partial charge in [-0.2, -0.15) is 5.10 Å². The minimum absolute atomic E-state index is 0.148. The van der Waals surface area contributed by atoms with Crippen LogP contribution >= 0.6 is 0 Å². The molecule has 0 saturated carbocycles. The van der Waals surface area contributed by atoms with E-state index in [1.54, 1.807) is 16.8 Å². The molecule has 0 aliphatic heterocycles. The average molecular weight is 347 g/mol. The van der Waals surface area contributed by atoms with Gasteiger partial charge < -0.3 is 5.11 Å². The number of hydrogen-bond acceptors (Lipinski definition) is 3. The van der Waals surface area contributed by atoms with Gasteiger partial charge in [0.05, 0.1) is 12.0 Å². The maximum absolute atomic E-state index is 13.4. The zero-order chi connectivity index (χ0) is 18.3. The van der Waals surface area contributed by atoms with E-state index in [9.17, 15) is 9.50 Å². The molecule has 0 radical (unpaired) electrons. The molecule has 26 heavy (non-hydrogen) atoms. The molecule has 4 rings (SSSR count). The third-order valence-corrected chi connectivity index (χ3v) is 4.62. The Balaban J connectivity index is 2.15. The first-order chi connectivity index (χ1) is 12.6. The first-order valence-corrected chi connectivity index (χ1v) is 8.38. The molecule has 0 unspecified atom stereocenters. The Bertz CT molecular complexity index is 1090. The van der Waals surface area contributed by atoms with Gasteiger partial charge in [-0.15, -0.1) is 0 Å². The summed E-state index contributed by atoms with van der Waals surface area (Å²) in [6.45, 7) is 1.72. The molecule has 0 bridgehead atoms. The van der Waals surface area contributed by atoms with E-state index in [4.69, 9.17) is 0 Å². The summed E-state index contributed by atoms with van der Waals surface area (Å²) in [5.74, 6) is -0.296. The molecular formula is C21H18FN3O. The Hall–Kier alpha value is -3.05. The lowest BCUT2D eigenvalue weighted by Gasteiger charge is -2.13. The van der Waals surface area contributed by atoms with E-state index in [0.717, 1.165) is 44.7 Å². The van der Waals surface area contributed by atoms with Crippen LogP contribution in [0, 0.1) is 12.7 Å². The van der Waals surface area contributed by atoms with Crippen molar-refractivity contribution in [1.82, 2.24) is 14.8 Å². The van der Waals surface area contributed by atoms with Crippen molar-refractivity contribution >= 4 is 11.0 Å². The molecule has 0 aliphatic carbocycles. The summed E-state index contributed by atoms with van der Waals surface area (Å²) in [6.07, 6.45) is 0. The Labute approximate surface area is 150 Å². The molecule has 4 nitrogen and oxygen atoms in total. The predicted molar refractivity (Wildman–Crippen MR) is 100.0 cm³/mol. The molecule has 2 aromatic heterocycles. The molecule has 0 fully saturated rings. The summed E-state index contributed by atoms with van der Waals surface area (Å²) in [6, 6.07) is 16.2. The van der Waals surface area contributed by atoms with Crippen LogP contribution in [-0.4, -0.2) is 19.9 Å². The summed E-state index contributed by atoms with van der Waals surface area (Å²) >= 11 is 0. The fraction of sp³-hybridized carbons (Fsp3) is 0.143. The molecule has 2 heterocycles. The smallest absolute Gasteiger partial charge is 0.159 e. The van der Waals surface area contributed by atoms with Gasteiger partial charge in [0.25, 0.3) is 0 Å². The lowest BCUT2D eigenvalue weighted by Crippen LogP contribution is -2.00. The van der Waals surface area contributed by atoms with Gasteiger partial charge in [-0.05, 0) is 24.6 Å². The number of rotatable bonds is 3. The van der Waals surface area contributed by atoms with Gasteiger partial charge in [0.1, 0.15) is 11.5 Å². The maximum Gasteiger partial charge on any atom is 0.159 e. The summed E-state index contributed by atoms with van der Waals surface area (Å²) < 4.78 is 15.2. The molecule has 0 saturated heterocycles. The largest absolute Gasteiger partial charge is 0.392 e. The molecule has 1 N–H and O–H groups in total. The van der Waals surface area contributed by atoms with Crippen molar-refractivity contribution in [2.45, 2.75) is 13.5 Å². The average Bonchev–Trinajstić information content (AvgIpc) is 2.98.